The van der Waals surface area contributed by atoms with Crippen LogP contribution in [0, 0.1) is 0 Å². The summed E-state index contributed by atoms with van der Waals surface area (Å²) in [5, 5.41) is 0. The molecule has 0 aliphatic heterocycles. The van der Waals surface area contributed by atoms with Gasteiger partial charge in [0.2, 0.25) is 0 Å². The Bertz CT molecular complexity index is 365. The van der Waals surface area contributed by atoms with Crippen LogP contribution in [0.15, 0.2) is 28.7 Å². The lowest BCUT2D eigenvalue weighted by Gasteiger charge is -2.18. The van der Waals surface area contributed by atoms with Crippen molar-refractivity contribution in [2.75, 3.05) is 6.61 Å². The summed E-state index contributed by atoms with van der Waals surface area (Å²) in [6.07, 6.45) is 0. The monoisotopic (exact) mass is 300 g/mol. The number of rotatable bonds is 4. The molecule has 0 heterocycles. The average Bonchev–Trinajstić information content (AvgIpc) is 2.25. The molecule has 0 amide bonds. The summed E-state index contributed by atoms with van der Waals surface area (Å²) < 4.78 is 11.4. The number of hydrogen-bond donors (Lipinski definition) is 0. The van der Waals surface area contributed by atoms with Gasteiger partial charge in [0.05, 0.1) is 5.60 Å². The highest BCUT2D eigenvalue weighted by Crippen LogP contribution is 2.11. The Morgan fingerprint density at radius 1 is 1.24 bits per heavy atom. The van der Waals surface area contributed by atoms with Crippen molar-refractivity contribution in [2.45, 2.75) is 33.0 Å². The van der Waals surface area contributed by atoms with Crippen LogP contribution in [0.2, 0.25) is 0 Å². The first-order valence-electron chi connectivity index (χ1n) is 5.41. The third-order valence-corrected chi connectivity index (χ3v) is 2.46. The molecule has 4 heteroatoms. The maximum absolute atomic E-state index is 11.4. The van der Waals surface area contributed by atoms with Gasteiger partial charge in [-0.3, -0.25) is 0 Å². The molecular formula is C13H17BrO3. The number of carbonyl (C=O) groups is 1. The fourth-order valence-electron chi connectivity index (χ4n) is 1.06. The molecular weight excluding hydrogens is 284 g/mol. The molecule has 0 atom stereocenters. The molecule has 0 fully saturated rings. The summed E-state index contributed by atoms with van der Waals surface area (Å²) in [7, 11) is 0. The first-order chi connectivity index (χ1) is 7.87. The standard InChI is InChI=1S/C13H17BrO3/c1-13(2,3)17-9-12(15)16-8-10-4-6-11(14)7-5-10/h4-7H,8-9H2,1-3H3. The van der Waals surface area contributed by atoms with Gasteiger partial charge in [-0.1, -0.05) is 28.1 Å². The van der Waals surface area contributed by atoms with Gasteiger partial charge in [-0.2, -0.15) is 0 Å². The Morgan fingerprint density at radius 3 is 2.35 bits per heavy atom. The molecule has 17 heavy (non-hydrogen) atoms. The van der Waals surface area contributed by atoms with Crippen LogP contribution in [-0.4, -0.2) is 18.2 Å². The van der Waals surface area contributed by atoms with Gasteiger partial charge in [0.1, 0.15) is 13.2 Å². The van der Waals surface area contributed by atoms with Crippen LogP contribution >= 0.6 is 15.9 Å². The topological polar surface area (TPSA) is 35.5 Å². The van der Waals surface area contributed by atoms with Crippen LogP contribution in [-0.2, 0) is 20.9 Å². The summed E-state index contributed by atoms with van der Waals surface area (Å²) in [6.45, 7) is 5.96. The number of benzene rings is 1. The SMILES string of the molecule is CC(C)(C)OCC(=O)OCc1ccc(Br)cc1. The van der Waals surface area contributed by atoms with Crippen molar-refractivity contribution in [3.05, 3.63) is 34.3 Å². The van der Waals surface area contributed by atoms with E-state index in [9.17, 15) is 4.79 Å². The average molecular weight is 301 g/mol. The Labute approximate surface area is 110 Å². The van der Waals surface area contributed by atoms with E-state index in [1.807, 2.05) is 45.0 Å². The van der Waals surface area contributed by atoms with E-state index in [1.54, 1.807) is 0 Å². The van der Waals surface area contributed by atoms with Crippen LogP contribution in [0.25, 0.3) is 0 Å². The molecule has 0 saturated carbocycles. The fraction of sp³-hybridized carbons (Fsp3) is 0.462. The Morgan fingerprint density at radius 2 is 1.82 bits per heavy atom. The van der Waals surface area contributed by atoms with E-state index in [2.05, 4.69) is 15.9 Å². The Hall–Kier alpha value is -0.870. The number of halogens is 1. The maximum Gasteiger partial charge on any atom is 0.332 e. The molecule has 1 rings (SSSR count). The second-order valence-electron chi connectivity index (χ2n) is 4.69. The van der Waals surface area contributed by atoms with Gasteiger partial charge in [-0.05, 0) is 38.5 Å². The molecule has 0 bridgehead atoms. The van der Waals surface area contributed by atoms with Gasteiger partial charge >= 0.3 is 5.97 Å². The van der Waals surface area contributed by atoms with Crippen LogP contribution in [0.4, 0.5) is 0 Å². The van der Waals surface area contributed by atoms with Crippen molar-refractivity contribution >= 4 is 21.9 Å². The lowest BCUT2D eigenvalue weighted by atomic mass is 10.2. The number of carbonyl (C=O) groups excluding carboxylic acids is 1. The molecule has 1 aromatic rings. The van der Waals surface area contributed by atoms with Crippen molar-refractivity contribution in [1.82, 2.24) is 0 Å². The maximum atomic E-state index is 11.4. The zero-order chi connectivity index (χ0) is 12.9. The zero-order valence-electron chi connectivity index (χ0n) is 10.3. The summed E-state index contributed by atoms with van der Waals surface area (Å²) in [5.74, 6) is -0.345. The summed E-state index contributed by atoms with van der Waals surface area (Å²) in [5.41, 5.74) is 0.633. The van der Waals surface area contributed by atoms with E-state index in [1.165, 1.54) is 0 Å². The van der Waals surface area contributed by atoms with Crippen LogP contribution in [0.1, 0.15) is 26.3 Å². The molecule has 3 nitrogen and oxygen atoms in total. The Balaban J connectivity index is 2.31. The number of hydrogen-bond acceptors (Lipinski definition) is 3. The summed E-state index contributed by atoms with van der Waals surface area (Å²) in [6, 6.07) is 7.63. The first kappa shape index (κ1) is 14.2. The highest BCUT2D eigenvalue weighted by atomic mass is 79.9. The van der Waals surface area contributed by atoms with Gasteiger partial charge in [-0.15, -0.1) is 0 Å². The minimum Gasteiger partial charge on any atom is -0.459 e. The molecule has 0 aliphatic carbocycles. The number of esters is 1. The molecule has 0 spiro atoms. The Kier molecular flexibility index (Phi) is 5.15. The molecule has 1 aromatic carbocycles. The summed E-state index contributed by atoms with van der Waals surface area (Å²) in [4.78, 5) is 11.4. The summed E-state index contributed by atoms with van der Waals surface area (Å²) >= 11 is 3.34. The van der Waals surface area contributed by atoms with Gasteiger partial charge in [-0.25, -0.2) is 4.79 Å². The van der Waals surface area contributed by atoms with E-state index in [0.717, 1.165) is 10.0 Å². The van der Waals surface area contributed by atoms with E-state index in [0.29, 0.717) is 0 Å². The molecule has 0 aromatic heterocycles. The van der Waals surface area contributed by atoms with Crippen molar-refractivity contribution in [1.29, 1.82) is 0 Å². The lowest BCUT2D eigenvalue weighted by Crippen LogP contribution is -2.24. The minimum absolute atomic E-state index is 0.0139. The minimum atomic E-state index is -0.345. The first-order valence-corrected chi connectivity index (χ1v) is 6.20. The fourth-order valence-corrected chi connectivity index (χ4v) is 1.33. The highest BCUT2D eigenvalue weighted by molar-refractivity contribution is 9.10. The van der Waals surface area contributed by atoms with Crippen molar-refractivity contribution in [2.24, 2.45) is 0 Å². The quantitative estimate of drug-likeness (QED) is 0.800. The van der Waals surface area contributed by atoms with Crippen LogP contribution in [0.5, 0.6) is 0 Å². The van der Waals surface area contributed by atoms with Crippen molar-refractivity contribution in [3.63, 3.8) is 0 Å². The third kappa shape index (κ3) is 6.44. The second-order valence-corrected chi connectivity index (χ2v) is 5.60. The zero-order valence-corrected chi connectivity index (χ0v) is 11.9. The van der Waals surface area contributed by atoms with E-state index < -0.39 is 0 Å². The van der Waals surface area contributed by atoms with E-state index in [-0.39, 0.29) is 24.8 Å². The predicted molar refractivity (Wildman–Crippen MR) is 69.6 cm³/mol. The second kappa shape index (κ2) is 6.17. The molecule has 0 radical (unpaired) electrons. The van der Waals surface area contributed by atoms with Crippen LogP contribution in [0.3, 0.4) is 0 Å². The normalized spacial score (nSPS) is 11.3. The molecule has 0 saturated heterocycles. The number of ether oxygens (including phenoxy) is 2. The highest BCUT2D eigenvalue weighted by Gasteiger charge is 2.13. The molecule has 0 unspecified atom stereocenters. The molecule has 0 N–H and O–H groups in total. The smallest absolute Gasteiger partial charge is 0.332 e. The van der Waals surface area contributed by atoms with E-state index >= 15 is 0 Å². The predicted octanol–water partition coefficient (Wildman–Crippen LogP) is 3.31. The van der Waals surface area contributed by atoms with E-state index in [4.69, 9.17) is 9.47 Å². The van der Waals surface area contributed by atoms with Crippen molar-refractivity contribution in [3.8, 4) is 0 Å². The largest absolute Gasteiger partial charge is 0.459 e. The lowest BCUT2D eigenvalue weighted by molar-refractivity contribution is -0.155. The van der Waals surface area contributed by atoms with Gasteiger partial charge < -0.3 is 9.47 Å². The van der Waals surface area contributed by atoms with Gasteiger partial charge in [0.25, 0.3) is 0 Å². The van der Waals surface area contributed by atoms with Crippen LogP contribution < -0.4 is 0 Å². The van der Waals surface area contributed by atoms with Gasteiger partial charge in [0.15, 0.2) is 0 Å². The third-order valence-electron chi connectivity index (χ3n) is 1.94. The molecule has 0 aliphatic rings. The van der Waals surface area contributed by atoms with Gasteiger partial charge in [0, 0.05) is 4.47 Å². The molecule has 94 valence electrons. The van der Waals surface area contributed by atoms with Crippen molar-refractivity contribution < 1.29 is 14.3 Å².